The van der Waals surface area contributed by atoms with E-state index in [1.165, 1.54) is 5.69 Å². The van der Waals surface area contributed by atoms with Crippen LogP contribution in [0.1, 0.15) is 45.5 Å². The van der Waals surface area contributed by atoms with E-state index in [1.54, 1.807) is 0 Å². The monoisotopic (exact) mass is 264 g/mol. The number of carbonyl (C=O) groups excluding carboxylic acids is 1. The summed E-state index contributed by atoms with van der Waals surface area (Å²) in [5.74, 6) is 0.242. The lowest BCUT2D eigenvalue weighted by Gasteiger charge is -2.30. The van der Waals surface area contributed by atoms with Crippen LogP contribution < -0.4 is 0 Å². The maximum Gasteiger partial charge on any atom is 0.227 e. The molecule has 1 aliphatic rings. The number of carbonyl (C=O) groups is 1. The van der Waals surface area contributed by atoms with Gasteiger partial charge in [0.15, 0.2) is 0 Å². The van der Waals surface area contributed by atoms with E-state index in [0.29, 0.717) is 0 Å². The largest absolute Gasteiger partial charge is 0.342 e. The van der Waals surface area contributed by atoms with Crippen molar-refractivity contribution in [3.05, 3.63) is 11.4 Å². The summed E-state index contributed by atoms with van der Waals surface area (Å²) in [4.78, 5) is 14.4. The van der Waals surface area contributed by atoms with Gasteiger partial charge in [-0.3, -0.25) is 4.79 Å². The summed E-state index contributed by atoms with van der Waals surface area (Å²) in [5, 5.41) is 8.44. The highest BCUT2D eigenvalue weighted by molar-refractivity contribution is 5.81. The van der Waals surface area contributed by atoms with E-state index in [0.717, 1.165) is 44.6 Å². The molecule has 0 atom stereocenters. The van der Waals surface area contributed by atoms with Gasteiger partial charge < -0.3 is 4.90 Å². The first-order chi connectivity index (χ1) is 8.93. The zero-order valence-electron chi connectivity index (χ0n) is 12.4. The van der Waals surface area contributed by atoms with Crippen LogP contribution in [0, 0.1) is 5.41 Å². The molecule has 0 saturated carbocycles. The fourth-order valence-electron chi connectivity index (χ4n) is 2.56. The number of hydrogen-bond donors (Lipinski definition) is 0. The SMILES string of the molecule is CCn1nnc2c1CCN(C(=O)C(C)(C)C)CCC2. The molecule has 0 aromatic carbocycles. The van der Waals surface area contributed by atoms with E-state index in [2.05, 4.69) is 17.2 Å². The number of rotatable bonds is 1. The van der Waals surface area contributed by atoms with Crippen molar-refractivity contribution in [2.45, 2.75) is 53.5 Å². The second-order valence-corrected chi connectivity index (χ2v) is 6.19. The van der Waals surface area contributed by atoms with Crippen molar-refractivity contribution in [3.8, 4) is 0 Å². The predicted octanol–water partition coefficient (Wildman–Crippen LogP) is 1.66. The Morgan fingerprint density at radius 1 is 1.26 bits per heavy atom. The summed E-state index contributed by atoms with van der Waals surface area (Å²) >= 11 is 0. The fourth-order valence-corrected chi connectivity index (χ4v) is 2.56. The van der Waals surface area contributed by atoms with Crippen molar-refractivity contribution in [1.82, 2.24) is 19.9 Å². The average Bonchev–Trinajstić information content (AvgIpc) is 2.69. The van der Waals surface area contributed by atoms with Gasteiger partial charge in [0.2, 0.25) is 5.91 Å². The zero-order chi connectivity index (χ0) is 14.0. The molecule has 5 heteroatoms. The fraction of sp³-hybridized carbons (Fsp3) is 0.786. The number of aromatic nitrogens is 3. The molecule has 1 aromatic rings. The number of fused-ring (bicyclic) bond motifs is 1. The molecule has 0 unspecified atom stereocenters. The normalized spacial score (nSPS) is 16.7. The molecule has 1 aliphatic heterocycles. The first-order valence-electron chi connectivity index (χ1n) is 7.14. The first kappa shape index (κ1) is 14.0. The van der Waals surface area contributed by atoms with Gasteiger partial charge >= 0.3 is 0 Å². The second kappa shape index (κ2) is 5.31. The zero-order valence-corrected chi connectivity index (χ0v) is 12.4. The Labute approximate surface area is 115 Å². The summed E-state index contributed by atoms with van der Waals surface area (Å²) < 4.78 is 1.96. The minimum absolute atomic E-state index is 0.242. The van der Waals surface area contributed by atoms with Crippen molar-refractivity contribution in [2.24, 2.45) is 5.41 Å². The molecule has 0 spiro atoms. The van der Waals surface area contributed by atoms with Gasteiger partial charge in [-0.15, -0.1) is 5.10 Å². The van der Waals surface area contributed by atoms with Gasteiger partial charge in [-0.1, -0.05) is 26.0 Å². The molecule has 1 amide bonds. The smallest absolute Gasteiger partial charge is 0.227 e. The van der Waals surface area contributed by atoms with Gasteiger partial charge in [-0.05, 0) is 19.8 Å². The van der Waals surface area contributed by atoms with Crippen LogP contribution in [0.3, 0.4) is 0 Å². The van der Waals surface area contributed by atoms with Crippen LogP contribution in [0.25, 0.3) is 0 Å². The van der Waals surface area contributed by atoms with E-state index < -0.39 is 0 Å². The van der Waals surface area contributed by atoms with Crippen LogP contribution in [0.15, 0.2) is 0 Å². The van der Waals surface area contributed by atoms with Crippen LogP contribution >= 0.6 is 0 Å². The first-order valence-corrected chi connectivity index (χ1v) is 7.14. The highest BCUT2D eigenvalue weighted by atomic mass is 16.2. The molecule has 2 heterocycles. The molecule has 0 saturated heterocycles. The van der Waals surface area contributed by atoms with Crippen molar-refractivity contribution < 1.29 is 4.79 Å². The number of nitrogens with zero attached hydrogens (tertiary/aromatic N) is 4. The molecule has 0 radical (unpaired) electrons. The van der Waals surface area contributed by atoms with Crippen LogP contribution in [0.4, 0.5) is 0 Å². The summed E-state index contributed by atoms with van der Waals surface area (Å²) in [6.45, 7) is 10.5. The van der Waals surface area contributed by atoms with Crippen LogP contribution in [-0.2, 0) is 24.2 Å². The van der Waals surface area contributed by atoms with Gasteiger partial charge in [-0.25, -0.2) is 4.68 Å². The molecule has 0 N–H and O–H groups in total. The lowest BCUT2D eigenvalue weighted by molar-refractivity contribution is -0.139. The molecular weight excluding hydrogens is 240 g/mol. The number of aryl methyl sites for hydroxylation is 2. The maximum atomic E-state index is 12.4. The van der Waals surface area contributed by atoms with Crippen molar-refractivity contribution in [2.75, 3.05) is 13.1 Å². The predicted molar refractivity (Wildman–Crippen MR) is 73.8 cm³/mol. The summed E-state index contributed by atoms with van der Waals surface area (Å²) in [6.07, 6.45) is 2.75. The van der Waals surface area contributed by atoms with E-state index in [1.807, 2.05) is 30.4 Å². The highest BCUT2D eigenvalue weighted by Crippen LogP contribution is 2.20. The van der Waals surface area contributed by atoms with E-state index in [9.17, 15) is 4.79 Å². The lowest BCUT2D eigenvalue weighted by atomic mass is 9.94. The Hall–Kier alpha value is -1.39. The van der Waals surface area contributed by atoms with Crippen LogP contribution in [0.2, 0.25) is 0 Å². The lowest BCUT2D eigenvalue weighted by Crippen LogP contribution is -2.42. The minimum atomic E-state index is -0.300. The Morgan fingerprint density at radius 2 is 2.00 bits per heavy atom. The molecule has 19 heavy (non-hydrogen) atoms. The molecule has 1 aromatic heterocycles. The number of amides is 1. The van der Waals surface area contributed by atoms with E-state index in [-0.39, 0.29) is 11.3 Å². The molecule has 106 valence electrons. The quantitative estimate of drug-likeness (QED) is 0.775. The molecular formula is C14H24N4O. The Morgan fingerprint density at radius 3 is 2.63 bits per heavy atom. The van der Waals surface area contributed by atoms with Crippen molar-refractivity contribution >= 4 is 5.91 Å². The second-order valence-electron chi connectivity index (χ2n) is 6.19. The van der Waals surface area contributed by atoms with Gasteiger partial charge in [0.1, 0.15) is 0 Å². The van der Waals surface area contributed by atoms with E-state index >= 15 is 0 Å². The molecule has 0 aliphatic carbocycles. The Kier molecular flexibility index (Phi) is 3.92. The van der Waals surface area contributed by atoms with Gasteiger partial charge in [0.05, 0.1) is 11.4 Å². The van der Waals surface area contributed by atoms with Gasteiger partial charge in [-0.2, -0.15) is 0 Å². The average molecular weight is 264 g/mol. The molecule has 2 rings (SSSR count). The summed E-state index contributed by atoms with van der Waals surface area (Å²) in [5.41, 5.74) is 2.02. The van der Waals surface area contributed by atoms with Gasteiger partial charge in [0.25, 0.3) is 0 Å². The van der Waals surface area contributed by atoms with Crippen molar-refractivity contribution in [1.29, 1.82) is 0 Å². The van der Waals surface area contributed by atoms with Gasteiger partial charge in [0, 0.05) is 31.5 Å². The topological polar surface area (TPSA) is 51.0 Å². The van der Waals surface area contributed by atoms with Crippen LogP contribution in [-0.4, -0.2) is 38.9 Å². The van der Waals surface area contributed by atoms with Crippen molar-refractivity contribution in [3.63, 3.8) is 0 Å². The Bertz CT molecular complexity index is 459. The highest BCUT2D eigenvalue weighted by Gasteiger charge is 2.28. The third-order valence-electron chi connectivity index (χ3n) is 3.61. The van der Waals surface area contributed by atoms with E-state index in [4.69, 9.17) is 0 Å². The third kappa shape index (κ3) is 2.96. The number of hydrogen-bond acceptors (Lipinski definition) is 3. The molecule has 0 bridgehead atoms. The minimum Gasteiger partial charge on any atom is -0.342 e. The summed E-state index contributed by atoms with van der Waals surface area (Å²) in [7, 11) is 0. The standard InChI is InChI=1S/C14H24N4O/c1-5-18-12-8-10-17(13(19)14(2,3)4)9-6-7-11(12)15-16-18/h5-10H2,1-4H3. The molecule has 0 fully saturated rings. The maximum absolute atomic E-state index is 12.4. The molecule has 5 nitrogen and oxygen atoms in total. The Balaban J connectivity index is 2.14. The summed E-state index contributed by atoms with van der Waals surface area (Å²) in [6, 6.07) is 0. The van der Waals surface area contributed by atoms with Crippen LogP contribution in [0.5, 0.6) is 0 Å². The third-order valence-corrected chi connectivity index (χ3v) is 3.61.